The topological polar surface area (TPSA) is 46.3 Å². The first-order chi connectivity index (χ1) is 8.65. The maximum absolute atomic E-state index is 12.0. The van der Waals surface area contributed by atoms with E-state index in [0.717, 1.165) is 32.4 Å². The van der Waals surface area contributed by atoms with Crippen molar-refractivity contribution in [2.24, 2.45) is 5.73 Å². The third-order valence-corrected chi connectivity index (χ3v) is 3.60. The molecule has 0 aliphatic carbocycles. The van der Waals surface area contributed by atoms with Crippen molar-refractivity contribution in [3.63, 3.8) is 0 Å². The van der Waals surface area contributed by atoms with Crippen LogP contribution < -0.4 is 5.73 Å². The Kier molecular flexibility index (Phi) is 6.32. The zero-order chi connectivity index (χ0) is 13.0. The molecule has 3 nitrogen and oxygen atoms in total. The predicted molar refractivity (Wildman–Crippen MR) is 80.5 cm³/mol. The molecule has 19 heavy (non-hydrogen) atoms. The molecule has 0 radical (unpaired) electrons. The van der Waals surface area contributed by atoms with Gasteiger partial charge in [0, 0.05) is 25.6 Å². The van der Waals surface area contributed by atoms with Crippen molar-refractivity contribution < 1.29 is 4.79 Å². The Morgan fingerprint density at radius 3 is 2.68 bits per heavy atom. The van der Waals surface area contributed by atoms with Gasteiger partial charge in [-0.05, 0) is 31.7 Å². The third kappa shape index (κ3) is 4.84. The Morgan fingerprint density at radius 1 is 1.37 bits per heavy atom. The number of carbonyl (C=O) groups excluding carboxylic acids is 1. The van der Waals surface area contributed by atoms with Crippen molar-refractivity contribution in [3.8, 4) is 0 Å². The lowest BCUT2D eigenvalue weighted by Gasteiger charge is -2.30. The van der Waals surface area contributed by atoms with Crippen LogP contribution in [0.1, 0.15) is 30.4 Å². The first-order valence-electron chi connectivity index (χ1n) is 6.74. The summed E-state index contributed by atoms with van der Waals surface area (Å²) in [6.07, 6.45) is 3.33. The molecule has 0 unspecified atom stereocenters. The molecule has 1 aliphatic rings. The van der Waals surface area contributed by atoms with Crippen molar-refractivity contribution in [1.82, 2.24) is 4.90 Å². The summed E-state index contributed by atoms with van der Waals surface area (Å²) in [6, 6.07) is 8.66. The van der Waals surface area contributed by atoms with Crippen LogP contribution in [0.4, 0.5) is 0 Å². The van der Waals surface area contributed by atoms with Crippen molar-refractivity contribution >= 4 is 18.3 Å². The van der Waals surface area contributed by atoms with Gasteiger partial charge in [0.1, 0.15) is 0 Å². The quantitative estimate of drug-likeness (QED) is 0.925. The largest absolute Gasteiger partial charge is 0.343 e. The van der Waals surface area contributed by atoms with Crippen LogP contribution in [0.15, 0.2) is 24.3 Å². The van der Waals surface area contributed by atoms with Crippen LogP contribution >= 0.6 is 12.4 Å². The number of likely N-dealkylation sites (tertiary alicyclic amines) is 1. The Morgan fingerprint density at radius 2 is 2.05 bits per heavy atom. The molecule has 1 amide bonds. The van der Waals surface area contributed by atoms with E-state index in [0.29, 0.717) is 6.42 Å². The predicted octanol–water partition coefficient (Wildman–Crippen LogP) is 2.30. The van der Waals surface area contributed by atoms with Gasteiger partial charge in [0.25, 0.3) is 0 Å². The van der Waals surface area contributed by atoms with Crippen LogP contribution in [-0.2, 0) is 11.2 Å². The highest BCUT2D eigenvalue weighted by atomic mass is 35.5. The van der Waals surface area contributed by atoms with Gasteiger partial charge in [-0.1, -0.05) is 29.8 Å². The number of aryl methyl sites for hydroxylation is 2. The second-order valence-electron chi connectivity index (χ2n) is 5.21. The fourth-order valence-corrected chi connectivity index (χ4v) is 2.43. The second-order valence-corrected chi connectivity index (χ2v) is 5.21. The third-order valence-electron chi connectivity index (χ3n) is 3.60. The first-order valence-corrected chi connectivity index (χ1v) is 6.74. The summed E-state index contributed by atoms with van der Waals surface area (Å²) in [5.74, 6) is 0.267. The minimum absolute atomic E-state index is 0. The molecule has 0 bridgehead atoms. The summed E-state index contributed by atoms with van der Waals surface area (Å²) in [5.41, 5.74) is 8.34. The standard InChI is InChI=1S/C15H22N2O.ClH/c1-12-3-2-4-13(11-12)5-6-15(18)17-9-7-14(16)8-10-17;/h2-4,11,14H,5-10,16H2,1H3;1H. The summed E-state index contributed by atoms with van der Waals surface area (Å²) in [5, 5.41) is 0. The van der Waals surface area contributed by atoms with Gasteiger partial charge in [-0.2, -0.15) is 0 Å². The lowest BCUT2D eigenvalue weighted by molar-refractivity contribution is -0.132. The Labute approximate surface area is 121 Å². The van der Waals surface area contributed by atoms with Gasteiger partial charge < -0.3 is 10.6 Å². The van der Waals surface area contributed by atoms with Gasteiger partial charge in [-0.15, -0.1) is 12.4 Å². The number of amides is 1. The fourth-order valence-electron chi connectivity index (χ4n) is 2.43. The molecule has 106 valence electrons. The van der Waals surface area contributed by atoms with Crippen LogP contribution in [-0.4, -0.2) is 29.9 Å². The van der Waals surface area contributed by atoms with Gasteiger partial charge in [0.2, 0.25) is 5.91 Å². The summed E-state index contributed by atoms with van der Waals surface area (Å²) >= 11 is 0. The van der Waals surface area contributed by atoms with Gasteiger partial charge in [0.05, 0.1) is 0 Å². The summed E-state index contributed by atoms with van der Waals surface area (Å²) in [7, 11) is 0. The molecular formula is C15H23ClN2O. The molecule has 2 rings (SSSR count). The minimum Gasteiger partial charge on any atom is -0.343 e. The van der Waals surface area contributed by atoms with Crippen molar-refractivity contribution in [1.29, 1.82) is 0 Å². The van der Waals surface area contributed by atoms with Gasteiger partial charge in [-0.25, -0.2) is 0 Å². The number of hydrogen-bond acceptors (Lipinski definition) is 2. The zero-order valence-electron chi connectivity index (χ0n) is 11.5. The number of halogens is 1. The molecule has 1 saturated heterocycles. The average Bonchev–Trinajstić information content (AvgIpc) is 2.37. The van der Waals surface area contributed by atoms with E-state index in [1.54, 1.807) is 0 Å². The molecule has 0 spiro atoms. The monoisotopic (exact) mass is 282 g/mol. The minimum atomic E-state index is 0. The number of nitrogens with two attached hydrogens (primary N) is 1. The maximum atomic E-state index is 12.0. The van der Waals surface area contributed by atoms with E-state index in [4.69, 9.17) is 5.73 Å². The molecule has 0 atom stereocenters. The van der Waals surface area contributed by atoms with Crippen LogP contribution in [0.3, 0.4) is 0 Å². The number of carbonyl (C=O) groups is 1. The normalized spacial score (nSPS) is 16.0. The van der Waals surface area contributed by atoms with E-state index in [1.807, 2.05) is 4.90 Å². The summed E-state index contributed by atoms with van der Waals surface area (Å²) in [6.45, 7) is 3.74. The van der Waals surface area contributed by atoms with E-state index in [-0.39, 0.29) is 24.4 Å². The molecule has 1 aromatic rings. The van der Waals surface area contributed by atoms with E-state index in [9.17, 15) is 4.79 Å². The smallest absolute Gasteiger partial charge is 0.222 e. The lowest BCUT2D eigenvalue weighted by Crippen LogP contribution is -2.42. The molecular weight excluding hydrogens is 260 g/mol. The molecule has 1 aromatic carbocycles. The fraction of sp³-hybridized carbons (Fsp3) is 0.533. The number of rotatable bonds is 3. The average molecular weight is 283 g/mol. The van der Waals surface area contributed by atoms with Crippen LogP contribution in [0.2, 0.25) is 0 Å². The first kappa shape index (κ1) is 16.0. The van der Waals surface area contributed by atoms with E-state index in [2.05, 4.69) is 31.2 Å². The van der Waals surface area contributed by atoms with Gasteiger partial charge in [-0.3, -0.25) is 4.79 Å². The van der Waals surface area contributed by atoms with Crippen molar-refractivity contribution in [2.45, 2.75) is 38.6 Å². The van der Waals surface area contributed by atoms with E-state index < -0.39 is 0 Å². The number of hydrogen-bond donors (Lipinski definition) is 1. The Bertz CT molecular complexity index is 414. The summed E-state index contributed by atoms with van der Waals surface area (Å²) < 4.78 is 0. The molecule has 1 fully saturated rings. The highest BCUT2D eigenvalue weighted by Crippen LogP contribution is 2.12. The highest BCUT2D eigenvalue weighted by molar-refractivity contribution is 5.85. The molecule has 0 saturated carbocycles. The highest BCUT2D eigenvalue weighted by Gasteiger charge is 2.19. The van der Waals surface area contributed by atoms with Gasteiger partial charge >= 0.3 is 0 Å². The van der Waals surface area contributed by atoms with Crippen LogP contribution in [0.5, 0.6) is 0 Å². The second kappa shape index (κ2) is 7.51. The number of benzene rings is 1. The zero-order valence-corrected chi connectivity index (χ0v) is 12.3. The molecule has 1 aliphatic heterocycles. The number of piperidine rings is 1. The lowest BCUT2D eigenvalue weighted by atomic mass is 10.0. The number of nitrogens with zero attached hydrogens (tertiary/aromatic N) is 1. The van der Waals surface area contributed by atoms with Crippen LogP contribution in [0.25, 0.3) is 0 Å². The van der Waals surface area contributed by atoms with E-state index in [1.165, 1.54) is 11.1 Å². The van der Waals surface area contributed by atoms with Crippen molar-refractivity contribution in [2.75, 3.05) is 13.1 Å². The Hall–Kier alpha value is -1.06. The molecule has 2 N–H and O–H groups in total. The van der Waals surface area contributed by atoms with E-state index >= 15 is 0 Å². The van der Waals surface area contributed by atoms with Gasteiger partial charge in [0.15, 0.2) is 0 Å². The maximum Gasteiger partial charge on any atom is 0.222 e. The Balaban J connectivity index is 0.00000180. The molecule has 1 heterocycles. The SMILES string of the molecule is Cc1cccc(CCC(=O)N2CCC(N)CC2)c1.Cl. The molecule has 0 aromatic heterocycles. The van der Waals surface area contributed by atoms with Crippen LogP contribution in [0, 0.1) is 6.92 Å². The summed E-state index contributed by atoms with van der Waals surface area (Å²) in [4.78, 5) is 14.0. The molecule has 4 heteroatoms. The van der Waals surface area contributed by atoms with Crippen molar-refractivity contribution in [3.05, 3.63) is 35.4 Å².